The number of benzene rings is 2. The van der Waals surface area contributed by atoms with E-state index in [1.807, 2.05) is 6.92 Å². The van der Waals surface area contributed by atoms with Crippen LogP contribution in [0.15, 0.2) is 52.3 Å². The lowest BCUT2D eigenvalue weighted by Gasteiger charge is -2.05. The Morgan fingerprint density at radius 3 is 2.43 bits per heavy atom. The summed E-state index contributed by atoms with van der Waals surface area (Å²) >= 11 is 3.05. The second-order valence-electron chi connectivity index (χ2n) is 4.46. The van der Waals surface area contributed by atoms with Crippen LogP contribution in [0.2, 0.25) is 0 Å². The summed E-state index contributed by atoms with van der Waals surface area (Å²) in [5, 5.41) is 8.91. The fourth-order valence-corrected chi connectivity index (χ4v) is 3.56. The number of carboxylic acids is 1. The van der Waals surface area contributed by atoms with Crippen LogP contribution in [-0.2, 0) is 0 Å². The van der Waals surface area contributed by atoms with E-state index >= 15 is 0 Å². The van der Waals surface area contributed by atoms with E-state index in [0.29, 0.717) is 4.90 Å². The lowest BCUT2D eigenvalue weighted by molar-refractivity contribution is 0.0696. The minimum Gasteiger partial charge on any atom is -0.478 e. The van der Waals surface area contributed by atoms with Crippen LogP contribution in [0.1, 0.15) is 15.9 Å². The molecule has 0 bridgehead atoms. The van der Waals surface area contributed by atoms with Gasteiger partial charge < -0.3 is 5.11 Å². The third-order valence-electron chi connectivity index (χ3n) is 2.81. The van der Waals surface area contributed by atoms with Crippen molar-refractivity contribution in [2.75, 3.05) is 11.5 Å². The van der Waals surface area contributed by atoms with Gasteiger partial charge in [0.1, 0.15) is 5.82 Å². The minimum atomic E-state index is -1.04. The molecule has 2 nitrogen and oxygen atoms in total. The standard InChI is InChI=1S/C16H15FO2S2/c1-11-2-5-13(6-3-11)20-8-9-21-15-10-12(16(18)19)4-7-14(15)17/h2-7,10H,8-9H2,1H3,(H,18,19). The number of carboxylic acid groups (broad SMARTS) is 1. The fraction of sp³-hybridized carbons (Fsp3) is 0.188. The van der Waals surface area contributed by atoms with Gasteiger partial charge in [-0.3, -0.25) is 0 Å². The van der Waals surface area contributed by atoms with Crippen LogP contribution in [0.3, 0.4) is 0 Å². The number of carbonyl (C=O) groups is 1. The van der Waals surface area contributed by atoms with E-state index < -0.39 is 5.97 Å². The second kappa shape index (κ2) is 7.52. The molecular weight excluding hydrogens is 307 g/mol. The third kappa shape index (κ3) is 4.79. The number of rotatable bonds is 6. The quantitative estimate of drug-likeness (QED) is 0.617. The summed E-state index contributed by atoms with van der Waals surface area (Å²) in [4.78, 5) is 12.4. The zero-order valence-corrected chi connectivity index (χ0v) is 13.1. The number of aromatic carboxylic acids is 1. The highest BCUT2D eigenvalue weighted by Gasteiger charge is 2.08. The topological polar surface area (TPSA) is 37.3 Å². The Labute approximate surface area is 131 Å². The Balaban J connectivity index is 1.87. The predicted molar refractivity (Wildman–Crippen MR) is 86.0 cm³/mol. The largest absolute Gasteiger partial charge is 0.478 e. The maximum absolute atomic E-state index is 13.6. The van der Waals surface area contributed by atoms with E-state index in [1.165, 1.54) is 40.4 Å². The molecule has 0 aliphatic carbocycles. The van der Waals surface area contributed by atoms with Gasteiger partial charge in [0.2, 0.25) is 0 Å². The van der Waals surface area contributed by atoms with Gasteiger partial charge >= 0.3 is 5.97 Å². The van der Waals surface area contributed by atoms with Crippen molar-refractivity contribution in [2.24, 2.45) is 0 Å². The highest BCUT2D eigenvalue weighted by atomic mass is 32.2. The van der Waals surface area contributed by atoms with Gasteiger partial charge in [0.15, 0.2) is 0 Å². The van der Waals surface area contributed by atoms with Crippen LogP contribution in [0.4, 0.5) is 4.39 Å². The number of hydrogen-bond donors (Lipinski definition) is 1. The first-order valence-corrected chi connectivity index (χ1v) is 8.38. The molecule has 2 aromatic rings. The van der Waals surface area contributed by atoms with Crippen molar-refractivity contribution in [1.82, 2.24) is 0 Å². The summed E-state index contributed by atoms with van der Waals surface area (Å²) in [5.74, 6) is 0.152. The summed E-state index contributed by atoms with van der Waals surface area (Å²) in [6, 6.07) is 12.1. The molecule has 2 rings (SSSR count). The normalized spacial score (nSPS) is 10.6. The van der Waals surface area contributed by atoms with Crippen LogP contribution >= 0.6 is 23.5 Å². The molecule has 5 heteroatoms. The molecule has 0 atom stereocenters. The Kier molecular flexibility index (Phi) is 5.70. The van der Waals surface area contributed by atoms with E-state index in [2.05, 4.69) is 24.3 Å². The number of hydrogen-bond acceptors (Lipinski definition) is 3. The van der Waals surface area contributed by atoms with E-state index in [0.717, 1.165) is 11.5 Å². The summed E-state index contributed by atoms with van der Waals surface area (Å²) in [5.41, 5.74) is 1.34. The highest BCUT2D eigenvalue weighted by molar-refractivity contribution is 8.03. The van der Waals surface area contributed by atoms with Gasteiger partial charge in [-0.15, -0.1) is 23.5 Å². The van der Waals surface area contributed by atoms with Gasteiger partial charge in [0.05, 0.1) is 5.56 Å². The van der Waals surface area contributed by atoms with E-state index in [9.17, 15) is 9.18 Å². The Morgan fingerprint density at radius 2 is 1.76 bits per heavy atom. The molecule has 1 N–H and O–H groups in total. The van der Waals surface area contributed by atoms with Gasteiger partial charge in [-0.1, -0.05) is 17.7 Å². The van der Waals surface area contributed by atoms with Crippen molar-refractivity contribution in [1.29, 1.82) is 0 Å². The third-order valence-corrected chi connectivity index (χ3v) is 5.11. The maximum atomic E-state index is 13.6. The Morgan fingerprint density at radius 1 is 1.10 bits per heavy atom. The molecule has 0 unspecified atom stereocenters. The van der Waals surface area contributed by atoms with Crippen LogP contribution in [0.5, 0.6) is 0 Å². The first kappa shape index (κ1) is 15.9. The van der Waals surface area contributed by atoms with Crippen LogP contribution in [-0.4, -0.2) is 22.6 Å². The molecule has 0 saturated carbocycles. The Bertz CT molecular complexity index is 627. The average molecular weight is 322 g/mol. The SMILES string of the molecule is Cc1ccc(SCCSc2cc(C(=O)O)ccc2F)cc1. The van der Waals surface area contributed by atoms with Crippen molar-refractivity contribution in [3.8, 4) is 0 Å². The number of halogens is 1. The summed E-state index contributed by atoms with van der Waals surface area (Å²) in [7, 11) is 0. The molecule has 0 amide bonds. The van der Waals surface area contributed by atoms with Crippen LogP contribution < -0.4 is 0 Å². The fourth-order valence-electron chi connectivity index (χ4n) is 1.69. The van der Waals surface area contributed by atoms with Crippen molar-refractivity contribution < 1.29 is 14.3 Å². The average Bonchev–Trinajstić information content (AvgIpc) is 2.47. The zero-order valence-electron chi connectivity index (χ0n) is 11.5. The summed E-state index contributed by atoms with van der Waals surface area (Å²) < 4.78 is 13.6. The molecule has 0 fully saturated rings. The van der Waals surface area contributed by atoms with Crippen molar-refractivity contribution >= 4 is 29.5 Å². The highest BCUT2D eigenvalue weighted by Crippen LogP contribution is 2.26. The van der Waals surface area contributed by atoms with Gasteiger partial charge in [0, 0.05) is 21.3 Å². The molecule has 0 saturated heterocycles. The van der Waals surface area contributed by atoms with E-state index in [-0.39, 0.29) is 11.4 Å². The summed E-state index contributed by atoms with van der Waals surface area (Å²) in [6.45, 7) is 2.04. The molecular formula is C16H15FO2S2. The van der Waals surface area contributed by atoms with Crippen LogP contribution in [0.25, 0.3) is 0 Å². The minimum absolute atomic E-state index is 0.116. The Hall–Kier alpha value is -1.46. The molecule has 2 aromatic carbocycles. The van der Waals surface area contributed by atoms with E-state index in [4.69, 9.17) is 5.11 Å². The van der Waals surface area contributed by atoms with Crippen LogP contribution in [0, 0.1) is 12.7 Å². The molecule has 0 heterocycles. The predicted octanol–water partition coefficient (Wildman–Crippen LogP) is 4.72. The van der Waals surface area contributed by atoms with Crippen molar-refractivity contribution in [3.63, 3.8) is 0 Å². The molecule has 0 radical (unpaired) electrons. The molecule has 0 aromatic heterocycles. The molecule has 110 valence electrons. The smallest absolute Gasteiger partial charge is 0.335 e. The van der Waals surface area contributed by atoms with Crippen molar-refractivity contribution in [2.45, 2.75) is 16.7 Å². The maximum Gasteiger partial charge on any atom is 0.335 e. The first-order valence-electron chi connectivity index (χ1n) is 6.41. The monoisotopic (exact) mass is 322 g/mol. The zero-order chi connectivity index (χ0) is 15.2. The van der Waals surface area contributed by atoms with Gasteiger partial charge in [-0.05, 0) is 37.3 Å². The lowest BCUT2D eigenvalue weighted by atomic mass is 10.2. The second-order valence-corrected chi connectivity index (χ2v) is 6.77. The lowest BCUT2D eigenvalue weighted by Crippen LogP contribution is -1.97. The van der Waals surface area contributed by atoms with Gasteiger partial charge in [-0.2, -0.15) is 0 Å². The summed E-state index contributed by atoms with van der Waals surface area (Å²) in [6.07, 6.45) is 0. The van der Waals surface area contributed by atoms with Gasteiger partial charge in [-0.25, -0.2) is 9.18 Å². The molecule has 0 spiro atoms. The molecule has 0 aliphatic heterocycles. The molecule has 21 heavy (non-hydrogen) atoms. The van der Waals surface area contributed by atoms with Gasteiger partial charge in [0.25, 0.3) is 0 Å². The van der Waals surface area contributed by atoms with Crippen molar-refractivity contribution in [3.05, 3.63) is 59.4 Å². The first-order chi connectivity index (χ1) is 10.1. The van der Waals surface area contributed by atoms with E-state index in [1.54, 1.807) is 11.8 Å². The molecule has 0 aliphatic rings. The number of aryl methyl sites for hydroxylation is 1. The number of thioether (sulfide) groups is 2.